The predicted molar refractivity (Wildman–Crippen MR) is 72.3 cm³/mol. The number of rotatable bonds is 8. The molecule has 0 spiro atoms. The van der Waals surface area contributed by atoms with Crippen LogP contribution >= 0.6 is 0 Å². The highest BCUT2D eigenvalue weighted by molar-refractivity contribution is 5.81. The van der Waals surface area contributed by atoms with Crippen LogP contribution in [0, 0.1) is 11.3 Å². The van der Waals surface area contributed by atoms with E-state index in [1.807, 2.05) is 0 Å². The number of hydrogen-bond acceptors (Lipinski definition) is 1. The van der Waals surface area contributed by atoms with E-state index in [1.165, 1.54) is 64.2 Å². The van der Waals surface area contributed by atoms with E-state index in [1.54, 1.807) is 0 Å². The highest BCUT2D eigenvalue weighted by Crippen LogP contribution is 2.26. The van der Waals surface area contributed by atoms with Crippen LogP contribution in [0.15, 0.2) is 0 Å². The van der Waals surface area contributed by atoms with Gasteiger partial charge < -0.3 is 5.41 Å². The van der Waals surface area contributed by atoms with Gasteiger partial charge in [-0.2, -0.15) is 0 Å². The van der Waals surface area contributed by atoms with Gasteiger partial charge in [-0.1, -0.05) is 58.3 Å². The third kappa shape index (κ3) is 6.30. The van der Waals surface area contributed by atoms with Gasteiger partial charge in [-0.15, -0.1) is 0 Å². The molecule has 0 unspecified atom stereocenters. The second-order valence-electron chi connectivity index (χ2n) is 5.46. The van der Waals surface area contributed by atoms with Crippen molar-refractivity contribution < 1.29 is 0 Å². The van der Waals surface area contributed by atoms with Crippen molar-refractivity contribution in [3.63, 3.8) is 0 Å². The maximum atomic E-state index is 7.59. The molecule has 0 radical (unpaired) electrons. The third-order valence-corrected chi connectivity index (χ3v) is 3.92. The van der Waals surface area contributed by atoms with E-state index < -0.39 is 0 Å². The van der Waals surface area contributed by atoms with E-state index in [0.717, 1.165) is 24.5 Å². The Hall–Kier alpha value is -0.330. The lowest BCUT2D eigenvalue weighted by Gasteiger charge is -2.22. The Kier molecular flexibility index (Phi) is 7.54. The van der Waals surface area contributed by atoms with Crippen molar-refractivity contribution in [3.05, 3.63) is 0 Å². The van der Waals surface area contributed by atoms with Crippen molar-refractivity contribution in [1.82, 2.24) is 0 Å². The summed E-state index contributed by atoms with van der Waals surface area (Å²) >= 11 is 0. The average molecular weight is 223 g/mol. The van der Waals surface area contributed by atoms with Gasteiger partial charge in [0.25, 0.3) is 0 Å². The summed E-state index contributed by atoms with van der Waals surface area (Å²) in [5.41, 5.74) is 0.996. The first-order valence-electron chi connectivity index (χ1n) is 7.39. The van der Waals surface area contributed by atoms with Crippen molar-refractivity contribution >= 4 is 5.71 Å². The molecule has 1 N–H and O–H groups in total. The third-order valence-electron chi connectivity index (χ3n) is 3.92. The van der Waals surface area contributed by atoms with E-state index in [4.69, 9.17) is 5.41 Å². The normalized spacial score (nSPS) is 21.3. The first-order chi connectivity index (χ1) is 7.83. The summed E-state index contributed by atoms with van der Waals surface area (Å²) < 4.78 is 0. The highest BCUT2D eigenvalue weighted by Gasteiger charge is 2.15. The van der Waals surface area contributed by atoms with Crippen LogP contribution in [0.1, 0.15) is 84.0 Å². The van der Waals surface area contributed by atoms with Crippen molar-refractivity contribution in [2.45, 2.75) is 84.0 Å². The average Bonchev–Trinajstić information content (AvgIpc) is 2.30. The molecule has 1 fully saturated rings. The number of unbranched alkanes of at least 4 members (excludes halogenated alkanes) is 6. The summed E-state index contributed by atoms with van der Waals surface area (Å²) in [5.74, 6) is 0.949. The zero-order chi connectivity index (χ0) is 11.6. The standard InChI is InChI=1S/C15H29N/c1-2-3-4-5-6-7-8-9-14-10-12-15(16)13-11-14/h14,16H,2-13H2,1H3. The van der Waals surface area contributed by atoms with Gasteiger partial charge in [0.15, 0.2) is 0 Å². The van der Waals surface area contributed by atoms with E-state index >= 15 is 0 Å². The Morgan fingerprint density at radius 2 is 1.50 bits per heavy atom. The van der Waals surface area contributed by atoms with Crippen LogP contribution in [0.2, 0.25) is 0 Å². The van der Waals surface area contributed by atoms with Crippen molar-refractivity contribution in [3.8, 4) is 0 Å². The lowest BCUT2D eigenvalue weighted by atomic mass is 9.84. The fraction of sp³-hybridized carbons (Fsp3) is 0.933. The van der Waals surface area contributed by atoms with Crippen LogP contribution < -0.4 is 0 Å². The molecular formula is C15H29N. The summed E-state index contributed by atoms with van der Waals surface area (Å²) in [4.78, 5) is 0. The lowest BCUT2D eigenvalue weighted by molar-refractivity contribution is 0.391. The van der Waals surface area contributed by atoms with E-state index in [9.17, 15) is 0 Å². The highest BCUT2D eigenvalue weighted by atomic mass is 14.4. The molecule has 1 aliphatic carbocycles. The number of hydrogen-bond donors (Lipinski definition) is 1. The van der Waals surface area contributed by atoms with Crippen LogP contribution in [0.5, 0.6) is 0 Å². The largest absolute Gasteiger partial charge is 0.310 e. The van der Waals surface area contributed by atoms with Gasteiger partial charge in [0.2, 0.25) is 0 Å². The molecule has 0 aromatic rings. The van der Waals surface area contributed by atoms with Crippen LogP contribution in [-0.4, -0.2) is 5.71 Å². The fourth-order valence-electron chi connectivity index (χ4n) is 2.70. The quantitative estimate of drug-likeness (QED) is 0.537. The van der Waals surface area contributed by atoms with Gasteiger partial charge in [-0.05, 0) is 31.6 Å². The molecule has 0 saturated heterocycles. The Morgan fingerprint density at radius 1 is 0.938 bits per heavy atom. The molecule has 0 heterocycles. The summed E-state index contributed by atoms with van der Waals surface area (Å²) in [7, 11) is 0. The Bertz CT molecular complexity index is 176. The van der Waals surface area contributed by atoms with Gasteiger partial charge >= 0.3 is 0 Å². The maximum absolute atomic E-state index is 7.59. The van der Waals surface area contributed by atoms with Gasteiger partial charge in [-0.3, -0.25) is 0 Å². The second kappa shape index (κ2) is 8.78. The topological polar surface area (TPSA) is 23.9 Å². The molecule has 0 aromatic carbocycles. The SMILES string of the molecule is CCCCCCCCCC1CCC(=N)CC1. The molecule has 1 rings (SSSR count). The van der Waals surface area contributed by atoms with Crippen molar-refractivity contribution in [2.75, 3.05) is 0 Å². The fourth-order valence-corrected chi connectivity index (χ4v) is 2.70. The van der Waals surface area contributed by atoms with Crippen molar-refractivity contribution in [2.24, 2.45) is 5.92 Å². The molecule has 0 atom stereocenters. The molecule has 1 heteroatoms. The smallest absolute Gasteiger partial charge is 0.00893 e. The zero-order valence-corrected chi connectivity index (χ0v) is 11.1. The monoisotopic (exact) mass is 223 g/mol. The predicted octanol–water partition coefficient (Wildman–Crippen LogP) is 5.34. The minimum Gasteiger partial charge on any atom is -0.310 e. The zero-order valence-electron chi connectivity index (χ0n) is 11.1. The molecule has 16 heavy (non-hydrogen) atoms. The molecule has 0 amide bonds. The Morgan fingerprint density at radius 3 is 2.12 bits per heavy atom. The molecule has 94 valence electrons. The molecule has 0 aromatic heterocycles. The number of nitrogens with one attached hydrogen (secondary N) is 1. The van der Waals surface area contributed by atoms with Crippen LogP contribution in [0.25, 0.3) is 0 Å². The lowest BCUT2D eigenvalue weighted by Crippen LogP contribution is -2.13. The van der Waals surface area contributed by atoms with E-state index in [-0.39, 0.29) is 0 Å². The van der Waals surface area contributed by atoms with Crippen LogP contribution in [-0.2, 0) is 0 Å². The molecule has 0 bridgehead atoms. The van der Waals surface area contributed by atoms with Gasteiger partial charge in [0, 0.05) is 5.71 Å². The van der Waals surface area contributed by atoms with E-state index in [0.29, 0.717) is 0 Å². The Balaban J connectivity index is 1.85. The summed E-state index contributed by atoms with van der Waals surface area (Å²) in [6.45, 7) is 2.28. The van der Waals surface area contributed by atoms with Crippen LogP contribution in [0.4, 0.5) is 0 Å². The molecule has 1 aliphatic rings. The Labute approximate surface area is 102 Å². The van der Waals surface area contributed by atoms with Gasteiger partial charge in [-0.25, -0.2) is 0 Å². The minimum atomic E-state index is 0.949. The molecule has 1 saturated carbocycles. The van der Waals surface area contributed by atoms with Crippen molar-refractivity contribution in [1.29, 1.82) is 5.41 Å². The summed E-state index contributed by atoms with van der Waals surface area (Å²) in [6, 6.07) is 0. The van der Waals surface area contributed by atoms with Gasteiger partial charge in [0.1, 0.15) is 0 Å². The van der Waals surface area contributed by atoms with Gasteiger partial charge in [0.05, 0.1) is 0 Å². The second-order valence-corrected chi connectivity index (χ2v) is 5.46. The first kappa shape index (κ1) is 13.7. The minimum absolute atomic E-state index is 0.949. The summed E-state index contributed by atoms with van der Waals surface area (Å²) in [5, 5.41) is 7.59. The molecule has 1 nitrogen and oxygen atoms in total. The molecular weight excluding hydrogens is 194 g/mol. The van der Waals surface area contributed by atoms with E-state index in [2.05, 4.69) is 6.92 Å². The summed E-state index contributed by atoms with van der Waals surface area (Å²) in [6.07, 6.45) is 16.2. The maximum Gasteiger partial charge on any atom is 0.00893 e. The van der Waals surface area contributed by atoms with Crippen LogP contribution in [0.3, 0.4) is 0 Å². The molecule has 0 aliphatic heterocycles. The first-order valence-corrected chi connectivity index (χ1v) is 7.39.